The van der Waals surface area contributed by atoms with Gasteiger partial charge in [0, 0.05) is 5.92 Å². The fraction of sp³-hybridized carbons (Fsp3) is 0.522. The highest BCUT2D eigenvalue weighted by atomic mass is 32.2. The number of methoxy groups -OCH3 is 2. The molecule has 2 aromatic rings. The van der Waals surface area contributed by atoms with Crippen LogP contribution in [0, 0.1) is 17.8 Å². The maximum absolute atomic E-state index is 12.8. The third kappa shape index (κ3) is 6.24. The van der Waals surface area contributed by atoms with Crippen molar-refractivity contribution in [2.45, 2.75) is 50.8 Å². The van der Waals surface area contributed by atoms with Crippen LogP contribution in [0.1, 0.15) is 62.1 Å². The Morgan fingerprint density at radius 1 is 1.09 bits per heavy atom. The largest absolute Gasteiger partial charge is 0.467 e. The molecule has 35 heavy (non-hydrogen) atoms. The molecule has 0 aliphatic heterocycles. The molecular formula is C23H31N5O6S. The molecule has 1 fully saturated rings. The number of rotatable bonds is 7. The molecule has 12 heteroatoms. The number of hydrogen-bond acceptors (Lipinski definition) is 9. The van der Waals surface area contributed by atoms with Crippen LogP contribution in [-0.2, 0) is 14.8 Å². The van der Waals surface area contributed by atoms with Gasteiger partial charge in [-0.05, 0) is 42.7 Å². The van der Waals surface area contributed by atoms with Gasteiger partial charge in [-0.15, -0.1) is 0 Å². The molecule has 0 saturated heterocycles. The maximum atomic E-state index is 12.8. The van der Waals surface area contributed by atoms with Crippen molar-refractivity contribution in [3.05, 3.63) is 35.7 Å². The molecule has 190 valence electrons. The molecule has 0 spiro atoms. The third-order valence-corrected chi connectivity index (χ3v) is 7.59. The SMILES string of the molecule is COC(=O)c1ccccc1S(=O)(=O)NC(=O)Nc1nc(OC)nc(C2CC(C)CCC2C(C)C)n1. The number of esters is 1. The first-order valence-corrected chi connectivity index (χ1v) is 12.8. The Morgan fingerprint density at radius 2 is 1.80 bits per heavy atom. The predicted octanol–water partition coefficient (Wildman–Crippen LogP) is 3.35. The number of nitrogens with one attached hydrogen (secondary N) is 2. The van der Waals surface area contributed by atoms with E-state index < -0.39 is 26.9 Å². The van der Waals surface area contributed by atoms with E-state index in [2.05, 4.69) is 45.8 Å². The molecular weight excluding hydrogens is 474 g/mol. The van der Waals surface area contributed by atoms with E-state index in [0.29, 0.717) is 23.6 Å². The van der Waals surface area contributed by atoms with Gasteiger partial charge in [0.05, 0.1) is 19.8 Å². The highest BCUT2D eigenvalue weighted by Crippen LogP contribution is 2.43. The quantitative estimate of drug-likeness (QED) is 0.540. The van der Waals surface area contributed by atoms with Crippen LogP contribution in [0.4, 0.5) is 10.7 Å². The molecule has 1 aliphatic rings. The van der Waals surface area contributed by atoms with Gasteiger partial charge >= 0.3 is 18.0 Å². The number of hydrogen-bond donors (Lipinski definition) is 2. The second kappa shape index (κ2) is 11.0. The minimum Gasteiger partial charge on any atom is -0.467 e. The zero-order chi connectivity index (χ0) is 25.8. The lowest BCUT2D eigenvalue weighted by Gasteiger charge is -2.36. The molecule has 1 saturated carbocycles. The summed E-state index contributed by atoms with van der Waals surface area (Å²) in [5.41, 5.74) is -0.203. The summed E-state index contributed by atoms with van der Waals surface area (Å²) in [4.78, 5) is 37.1. The Labute approximate surface area is 205 Å². The normalized spacial score (nSPS) is 20.2. The number of amides is 2. The second-order valence-corrected chi connectivity index (χ2v) is 10.6. The number of ether oxygens (including phenoxy) is 2. The molecule has 2 amide bonds. The van der Waals surface area contributed by atoms with Crippen LogP contribution in [-0.4, -0.2) is 49.6 Å². The first-order chi connectivity index (χ1) is 16.6. The summed E-state index contributed by atoms with van der Waals surface area (Å²) in [5.74, 6) is 0.829. The van der Waals surface area contributed by atoms with Crippen LogP contribution in [0.3, 0.4) is 0 Å². The summed E-state index contributed by atoms with van der Waals surface area (Å²) in [7, 11) is -1.87. The Bertz CT molecular complexity index is 1190. The molecule has 1 aromatic carbocycles. The molecule has 3 rings (SSSR count). The van der Waals surface area contributed by atoms with Crippen molar-refractivity contribution in [2.24, 2.45) is 17.8 Å². The molecule has 3 unspecified atom stereocenters. The Balaban J connectivity index is 1.85. The van der Waals surface area contributed by atoms with Gasteiger partial charge in [0.15, 0.2) is 0 Å². The fourth-order valence-electron chi connectivity index (χ4n) is 4.47. The number of benzene rings is 1. The maximum Gasteiger partial charge on any atom is 0.339 e. The number of urea groups is 1. The number of nitrogens with zero attached hydrogens (tertiary/aromatic N) is 3. The van der Waals surface area contributed by atoms with Crippen molar-refractivity contribution in [1.82, 2.24) is 19.7 Å². The van der Waals surface area contributed by atoms with E-state index in [1.807, 2.05) is 4.72 Å². The summed E-state index contributed by atoms with van der Waals surface area (Å²) in [5, 5.41) is 2.35. The van der Waals surface area contributed by atoms with Crippen molar-refractivity contribution in [3.8, 4) is 6.01 Å². The molecule has 1 heterocycles. The van der Waals surface area contributed by atoms with Crippen molar-refractivity contribution in [1.29, 1.82) is 0 Å². The summed E-state index contributed by atoms with van der Waals surface area (Å²) >= 11 is 0. The van der Waals surface area contributed by atoms with Gasteiger partial charge in [0.1, 0.15) is 10.7 Å². The van der Waals surface area contributed by atoms with E-state index in [1.54, 1.807) is 0 Å². The minimum atomic E-state index is -4.40. The lowest BCUT2D eigenvalue weighted by atomic mass is 9.70. The van der Waals surface area contributed by atoms with E-state index in [4.69, 9.17) is 4.74 Å². The summed E-state index contributed by atoms with van der Waals surface area (Å²) in [6.07, 6.45) is 3.05. The smallest absolute Gasteiger partial charge is 0.339 e. The predicted molar refractivity (Wildman–Crippen MR) is 128 cm³/mol. The average molecular weight is 506 g/mol. The molecule has 0 radical (unpaired) electrons. The van der Waals surface area contributed by atoms with Crippen LogP contribution in [0.5, 0.6) is 6.01 Å². The van der Waals surface area contributed by atoms with Gasteiger partial charge in [-0.25, -0.2) is 22.7 Å². The van der Waals surface area contributed by atoms with Crippen LogP contribution in [0.25, 0.3) is 0 Å². The Morgan fingerprint density at radius 3 is 2.46 bits per heavy atom. The van der Waals surface area contributed by atoms with Crippen LogP contribution in [0.15, 0.2) is 29.2 Å². The number of aromatic nitrogens is 3. The lowest BCUT2D eigenvalue weighted by molar-refractivity contribution is 0.0596. The molecule has 3 atom stereocenters. The standard InChI is InChI=1S/C23H31N5O6S/c1-13(2)15-11-10-14(3)12-17(15)19-24-21(27-23(25-19)34-5)26-22(30)28-35(31,32)18-9-7-6-8-16(18)20(29)33-4/h6-9,13-15,17H,10-12H2,1-5H3,(H2,24,25,26,27,28,30). The number of sulfonamides is 1. The van der Waals surface area contributed by atoms with Crippen LogP contribution in [0.2, 0.25) is 0 Å². The molecule has 11 nitrogen and oxygen atoms in total. The van der Waals surface area contributed by atoms with Crippen molar-refractivity contribution in [2.75, 3.05) is 19.5 Å². The van der Waals surface area contributed by atoms with Gasteiger partial charge < -0.3 is 9.47 Å². The first-order valence-electron chi connectivity index (χ1n) is 11.4. The van der Waals surface area contributed by atoms with Gasteiger partial charge in [-0.1, -0.05) is 39.3 Å². The Kier molecular flexibility index (Phi) is 8.26. The van der Waals surface area contributed by atoms with Gasteiger partial charge in [-0.2, -0.15) is 15.0 Å². The Hall–Kier alpha value is -3.28. The zero-order valence-electron chi connectivity index (χ0n) is 20.4. The van der Waals surface area contributed by atoms with E-state index >= 15 is 0 Å². The zero-order valence-corrected chi connectivity index (χ0v) is 21.3. The van der Waals surface area contributed by atoms with E-state index in [0.717, 1.165) is 26.4 Å². The van der Waals surface area contributed by atoms with Crippen molar-refractivity contribution >= 4 is 28.0 Å². The fourth-order valence-corrected chi connectivity index (χ4v) is 5.57. The van der Waals surface area contributed by atoms with Crippen molar-refractivity contribution < 1.29 is 27.5 Å². The number of carbonyl (C=O) groups excluding carboxylic acids is 2. The lowest BCUT2D eigenvalue weighted by Crippen LogP contribution is -2.36. The van der Waals surface area contributed by atoms with E-state index in [1.165, 1.54) is 31.4 Å². The van der Waals surface area contributed by atoms with Crippen molar-refractivity contribution in [3.63, 3.8) is 0 Å². The summed E-state index contributed by atoms with van der Waals surface area (Å²) < 4.78 is 37.3. The topological polar surface area (TPSA) is 149 Å². The van der Waals surface area contributed by atoms with Crippen LogP contribution < -0.4 is 14.8 Å². The second-order valence-electron chi connectivity index (χ2n) is 8.98. The highest BCUT2D eigenvalue weighted by molar-refractivity contribution is 7.90. The van der Waals surface area contributed by atoms with Gasteiger partial charge in [0.25, 0.3) is 10.0 Å². The first kappa shape index (κ1) is 26.3. The summed E-state index contributed by atoms with van der Waals surface area (Å²) in [6, 6.07) is 4.32. The van der Waals surface area contributed by atoms with Crippen LogP contribution >= 0.6 is 0 Å². The minimum absolute atomic E-state index is 0.0185. The van der Waals surface area contributed by atoms with Gasteiger partial charge in [0.2, 0.25) is 5.95 Å². The molecule has 1 aliphatic carbocycles. The molecule has 1 aromatic heterocycles. The number of carbonyl (C=O) groups is 2. The van der Waals surface area contributed by atoms with E-state index in [9.17, 15) is 18.0 Å². The molecule has 0 bridgehead atoms. The molecule has 2 N–H and O–H groups in total. The monoisotopic (exact) mass is 505 g/mol. The highest BCUT2D eigenvalue weighted by Gasteiger charge is 2.34. The van der Waals surface area contributed by atoms with Gasteiger partial charge in [-0.3, -0.25) is 5.32 Å². The number of anilines is 1. The van der Waals surface area contributed by atoms with E-state index in [-0.39, 0.29) is 23.4 Å². The summed E-state index contributed by atoms with van der Waals surface area (Å²) in [6.45, 7) is 6.51. The third-order valence-electron chi connectivity index (χ3n) is 6.20. The average Bonchev–Trinajstić information content (AvgIpc) is 2.82.